The van der Waals surface area contributed by atoms with Gasteiger partial charge in [0.05, 0.1) is 27.5 Å². The molecule has 0 aliphatic heterocycles. The maximum absolute atomic E-state index is 13.5. The summed E-state index contributed by atoms with van der Waals surface area (Å²) < 4.78 is 34.2. The predicted molar refractivity (Wildman–Crippen MR) is 150 cm³/mol. The van der Waals surface area contributed by atoms with Gasteiger partial charge in [-0.05, 0) is 55.8 Å². The maximum atomic E-state index is 13.5. The number of halogens is 1. The Labute approximate surface area is 229 Å². The normalized spacial score (nSPS) is 21.7. The fourth-order valence-electron chi connectivity index (χ4n) is 4.26. The van der Waals surface area contributed by atoms with Crippen LogP contribution in [0.3, 0.4) is 0 Å². The molecule has 1 aliphatic carbocycles. The first-order valence-electron chi connectivity index (χ1n) is 12.2. The summed E-state index contributed by atoms with van der Waals surface area (Å²) in [6, 6.07) is 1.80. The average Bonchev–Trinajstić information content (AvgIpc) is 3.32. The van der Waals surface area contributed by atoms with Crippen LogP contribution in [0.2, 0.25) is 22.5 Å². The summed E-state index contributed by atoms with van der Waals surface area (Å²) in [6.07, 6.45) is 4.08. The number of thiophene rings is 1. The minimum absolute atomic E-state index is 0.00831. The van der Waals surface area contributed by atoms with Gasteiger partial charge in [0.25, 0.3) is 0 Å². The lowest BCUT2D eigenvalue weighted by Crippen LogP contribution is -2.41. The Hall–Kier alpha value is -1.41. The van der Waals surface area contributed by atoms with Gasteiger partial charge in [-0.25, -0.2) is 15.1 Å². The molecule has 37 heavy (non-hydrogen) atoms. The molecule has 0 bridgehead atoms. The molecule has 2 heterocycles. The third-order valence-electron chi connectivity index (χ3n) is 7.44. The number of anilines is 1. The third-order valence-corrected chi connectivity index (χ3v) is 13.9. The molecule has 13 heteroatoms. The van der Waals surface area contributed by atoms with Crippen LogP contribution < -0.4 is 10.5 Å². The van der Waals surface area contributed by atoms with Crippen LogP contribution in [0.25, 0.3) is 0 Å². The zero-order valence-electron chi connectivity index (χ0n) is 22.4. The van der Waals surface area contributed by atoms with Crippen molar-refractivity contribution < 1.29 is 21.8 Å². The zero-order chi connectivity index (χ0) is 27.8. The summed E-state index contributed by atoms with van der Waals surface area (Å²) in [5, 5.41) is 8.37. The van der Waals surface area contributed by atoms with E-state index >= 15 is 0 Å². The summed E-state index contributed by atoms with van der Waals surface area (Å²) >= 11 is 7.80. The molecule has 1 unspecified atom stereocenters. The lowest BCUT2D eigenvalue weighted by Gasteiger charge is -2.38. The van der Waals surface area contributed by atoms with Crippen LogP contribution in [-0.4, -0.2) is 45.1 Å². The first-order chi connectivity index (χ1) is 17.0. The van der Waals surface area contributed by atoms with Gasteiger partial charge in [0, 0.05) is 17.8 Å². The molecule has 0 amide bonds. The Kier molecular flexibility index (Phi) is 9.26. The van der Waals surface area contributed by atoms with Crippen LogP contribution in [0.1, 0.15) is 74.4 Å². The molecule has 1 aliphatic rings. The number of nitrogens with zero attached hydrogens (tertiary/aromatic N) is 2. The molecule has 0 spiro atoms. The summed E-state index contributed by atoms with van der Waals surface area (Å²) in [6.45, 7) is 14.9. The highest BCUT2D eigenvalue weighted by atomic mass is 35.5. The van der Waals surface area contributed by atoms with Gasteiger partial charge >= 0.3 is 10.3 Å². The molecule has 0 saturated heterocycles. The Morgan fingerprint density at radius 3 is 2.65 bits per heavy atom. The van der Waals surface area contributed by atoms with Gasteiger partial charge in [-0.2, -0.15) is 8.42 Å². The van der Waals surface area contributed by atoms with Crippen molar-refractivity contribution in [1.29, 1.82) is 0 Å². The van der Waals surface area contributed by atoms with Crippen molar-refractivity contribution in [1.82, 2.24) is 9.97 Å². The van der Waals surface area contributed by atoms with Crippen molar-refractivity contribution in [3.63, 3.8) is 0 Å². The van der Waals surface area contributed by atoms with E-state index in [0.717, 1.165) is 12.0 Å². The van der Waals surface area contributed by atoms with Gasteiger partial charge in [-0.15, -0.1) is 11.3 Å². The number of ketones is 1. The van der Waals surface area contributed by atoms with Crippen LogP contribution in [0, 0.1) is 11.8 Å². The molecule has 0 radical (unpaired) electrons. The Morgan fingerprint density at radius 2 is 2.03 bits per heavy atom. The highest BCUT2D eigenvalue weighted by Gasteiger charge is 2.39. The van der Waals surface area contributed by atoms with Gasteiger partial charge in [0.15, 0.2) is 8.32 Å². The smallest absolute Gasteiger partial charge is 0.333 e. The van der Waals surface area contributed by atoms with E-state index in [1.165, 1.54) is 23.9 Å². The van der Waals surface area contributed by atoms with Crippen molar-refractivity contribution in [2.45, 2.75) is 77.7 Å². The summed E-state index contributed by atoms with van der Waals surface area (Å²) in [5.41, 5.74) is 1.15. The highest BCUT2D eigenvalue weighted by Crippen LogP contribution is 2.42. The van der Waals surface area contributed by atoms with Crippen molar-refractivity contribution >= 4 is 53.2 Å². The van der Waals surface area contributed by atoms with Crippen molar-refractivity contribution in [2.24, 2.45) is 17.0 Å². The molecule has 4 atom stereocenters. The van der Waals surface area contributed by atoms with Crippen LogP contribution in [0.5, 0.6) is 0 Å². The minimum atomic E-state index is -3.99. The van der Waals surface area contributed by atoms with Gasteiger partial charge in [-0.3, -0.25) is 8.98 Å². The summed E-state index contributed by atoms with van der Waals surface area (Å²) in [4.78, 5) is 22.4. The third kappa shape index (κ3) is 7.58. The van der Waals surface area contributed by atoms with Crippen LogP contribution in [0.4, 0.5) is 5.82 Å². The number of hydrogen-bond donors (Lipinski definition) is 2. The molecule has 3 N–H and O–H groups in total. The maximum Gasteiger partial charge on any atom is 0.333 e. The molecule has 1 saturated carbocycles. The average molecular weight is 589 g/mol. The van der Waals surface area contributed by atoms with E-state index in [0.29, 0.717) is 27.0 Å². The van der Waals surface area contributed by atoms with E-state index in [1.54, 1.807) is 0 Å². The largest absolute Gasteiger partial charge is 0.410 e. The number of aromatic nitrogens is 2. The number of carbonyl (C=O) groups excluding carboxylic acids is 1. The number of nitrogens with one attached hydrogen (secondary N) is 1. The van der Waals surface area contributed by atoms with Crippen LogP contribution in [-0.2, 0) is 18.9 Å². The van der Waals surface area contributed by atoms with Crippen molar-refractivity contribution in [2.75, 3.05) is 11.9 Å². The lowest BCUT2D eigenvalue weighted by molar-refractivity contribution is 0.104. The summed E-state index contributed by atoms with van der Waals surface area (Å²) in [5.74, 6) is 0.432. The van der Waals surface area contributed by atoms with Gasteiger partial charge in [0.2, 0.25) is 5.78 Å². The van der Waals surface area contributed by atoms with E-state index in [9.17, 15) is 13.2 Å². The van der Waals surface area contributed by atoms with E-state index in [2.05, 4.69) is 49.1 Å². The zero-order valence-corrected chi connectivity index (χ0v) is 25.8. The van der Waals surface area contributed by atoms with E-state index < -0.39 is 18.6 Å². The molecule has 206 valence electrons. The first kappa shape index (κ1) is 30.1. The summed E-state index contributed by atoms with van der Waals surface area (Å²) in [7, 11) is -6.02. The topological polar surface area (TPSA) is 134 Å². The van der Waals surface area contributed by atoms with Crippen LogP contribution in [0.15, 0.2) is 18.6 Å². The second kappa shape index (κ2) is 11.4. The number of nitrogens with two attached hydrogens (primary N) is 1. The Balaban J connectivity index is 1.76. The number of carbonyl (C=O) groups is 1. The molecule has 0 aromatic carbocycles. The minimum Gasteiger partial charge on any atom is -0.410 e. The number of rotatable bonds is 10. The van der Waals surface area contributed by atoms with Gasteiger partial charge in [-0.1, -0.05) is 39.3 Å². The van der Waals surface area contributed by atoms with Crippen molar-refractivity contribution in [3.8, 4) is 0 Å². The second-order valence-corrected chi connectivity index (χ2v) is 18.9. The monoisotopic (exact) mass is 588 g/mol. The molecule has 3 rings (SSSR count). The SMILES string of the molecule is CC(O[Si](C)(C)C(C)(C)C)c1cc(C(=O)c2cncnc2N[C@@H]2C[C@H](COS(N)(=O)=O)[C@@H](C)C2)sc1Cl. The van der Waals surface area contributed by atoms with Gasteiger partial charge in [0.1, 0.15) is 12.1 Å². The van der Waals surface area contributed by atoms with E-state index in [-0.39, 0.29) is 41.4 Å². The Bertz CT molecular complexity index is 1230. The van der Waals surface area contributed by atoms with Crippen molar-refractivity contribution in [3.05, 3.63) is 38.9 Å². The first-order valence-corrected chi connectivity index (χ1v) is 17.8. The molecule has 1 fully saturated rings. The number of hydrogen-bond acceptors (Lipinski definition) is 9. The molecular formula is C24H37ClN4O5S2Si. The Morgan fingerprint density at radius 1 is 1.35 bits per heavy atom. The fourth-order valence-corrected chi connectivity index (χ4v) is 7.37. The quantitative estimate of drug-likeness (QED) is 0.272. The second-order valence-electron chi connectivity index (χ2n) is 11.3. The van der Waals surface area contributed by atoms with E-state index in [1.807, 2.05) is 19.9 Å². The highest BCUT2D eigenvalue weighted by molar-refractivity contribution is 7.84. The standard InChI is InChI=1S/C24H37ClN4O5S2Si/c1-14-8-17(9-16(14)12-33-36(26,31)32)29-23-19(11-27-13-28-23)21(30)20-10-18(22(25)35-20)15(2)34-37(6,7)24(3,4)5/h10-11,13-17H,8-9,12H2,1-7H3,(H2,26,31,32)(H,27,28,29)/t14-,15?,16+,17-/m0/s1. The molecular weight excluding hydrogens is 552 g/mol. The molecule has 2 aromatic heterocycles. The van der Waals surface area contributed by atoms with E-state index in [4.69, 9.17) is 25.3 Å². The van der Waals surface area contributed by atoms with Crippen LogP contribution >= 0.6 is 22.9 Å². The predicted octanol–water partition coefficient (Wildman–Crippen LogP) is 5.55. The van der Waals surface area contributed by atoms with Gasteiger partial charge < -0.3 is 9.74 Å². The molecule has 9 nitrogen and oxygen atoms in total. The molecule has 2 aromatic rings. The lowest BCUT2D eigenvalue weighted by atomic mass is 10.00. The fraction of sp³-hybridized carbons (Fsp3) is 0.625.